The van der Waals surface area contributed by atoms with Gasteiger partial charge in [-0.15, -0.1) is 11.3 Å². The minimum absolute atomic E-state index is 0.0499. The number of hydrogen-bond donors (Lipinski definition) is 2. The highest BCUT2D eigenvalue weighted by molar-refractivity contribution is 7.16. The van der Waals surface area contributed by atoms with Crippen molar-refractivity contribution in [3.8, 4) is 10.8 Å². The first kappa shape index (κ1) is 12.9. The van der Waals surface area contributed by atoms with Gasteiger partial charge in [-0.3, -0.25) is 4.79 Å². The minimum atomic E-state index is -0.989. The molecule has 1 saturated carbocycles. The predicted molar refractivity (Wildman–Crippen MR) is 71.4 cm³/mol. The smallest absolute Gasteiger partial charge is 0.326 e. The second-order valence-corrected chi connectivity index (χ2v) is 5.66. The zero-order valence-electron chi connectivity index (χ0n) is 10.4. The average Bonchev–Trinajstić information content (AvgIpc) is 2.94. The van der Waals surface area contributed by atoms with E-state index in [1.54, 1.807) is 12.1 Å². The van der Waals surface area contributed by atoms with E-state index in [4.69, 9.17) is 9.52 Å². The number of thiazole rings is 1. The molecule has 2 aromatic rings. The molecule has 0 aromatic carbocycles. The van der Waals surface area contributed by atoms with E-state index in [9.17, 15) is 9.59 Å². The molecule has 2 N–H and O–H groups in total. The summed E-state index contributed by atoms with van der Waals surface area (Å²) >= 11 is 1.17. The van der Waals surface area contributed by atoms with Crippen LogP contribution in [0.15, 0.2) is 29.0 Å². The van der Waals surface area contributed by atoms with Gasteiger partial charge < -0.3 is 14.8 Å². The summed E-state index contributed by atoms with van der Waals surface area (Å²) in [5, 5.41) is 12.2. The third-order valence-corrected chi connectivity index (χ3v) is 4.12. The van der Waals surface area contributed by atoms with Gasteiger partial charge in [0.15, 0.2) is 10.8 Å². The number of furan rings is 1. The molecule has 0 aliphatic heterocycles. The first-order valence-corrected chi connectivity index (χ1v) is 7.00. The number of amides is 1. The lowest BCUT2D eigenvalue weighted by Crippen LogP contribution is -2.42. The van der Waals surface area contributed by atoms with Crippen LogP contribution in [0.3, 0.4) is 0 Å². The van der Waals surface area contributed by atoms with Crippen LogP contribution in [-0.4, -0.2) is 28.0 Å². The Labute approximate surface area is 118 Å². The van der Waals surface area contributed by atoms with Crippen molar-refractivity contribution < 1.29 is 19.1 Å². The fourth-order valence-electron chi connectivity index (χ4n) is 1.92. The van der Waals surface area contributed by atoms with Gasteiger partial charge in [0.2, 0.25) is 0 Å². The van der Waals surface area contributed by atoms with Crippen LogP contribution in [0.25, 0.3) is 10.8 Å². The molecular weight excluding hydrogens is 280 g/mol. The highest BCUT2D eigenvalue weighted by Crippen LogP contribution is 2.33. The summed E-state index contributed by atoms with van der Waals surface area (Å²) in [4.78, 5) is 27.6. The summed E-state index contributed by atoms with van der Waals surface area (Å²) in [5.74, 6) is -0.754. The van der Waals surface area contributed by atoms with Gasteiger partial charge in [0.1, 0.15) is 10.9 Å². The van der Waals surface area contributed by atoms with E-state index in [-0.39, 0.29) is 5.92 Å². The van der Waals surface area contributed by atoms with E-state index in [2.05, 4.69) is 10.3 Å². The lowest BCUT2D eigenvalue weighted by Gasteiger charge is -2.12. The van der Waals surface area contributed by atoms with E-state index in [1.165, 1.54) is 23.8 Å². The van der Waals surface area contributed by atoms with Crippen LogP contribution in [0, 0.1) is 5.92 Å². The van der Waals surface area contributed by atoms with Crippen LogP contribution in [0.4, 0.5) is 0 Å². The largest absolute Gasteiger partial charge is 0.480 e. The number of aliphatic carboxylic acids is 1. The Bertz CT molecular complexity index is 631. The molecule has 3 rings (SSSR count). The van der Waals surface area contributed by atoms with Crippen LogP contribution in [0.5, 0.6) is 0 Å². The molecule has 1 fully saturated rings. The summed E-state index contributed by atoms with van der Waals surface area (Å²) < 4.78 is 5.20. The van der Waals surface area contributed by atoms with Crippen molar-refractivity contribution >= 4 is 23.2 Å². The average molecular weight is 292 g/mol. The Balaban J connectivity index is 1.72. The second-order valence-electron chi connectivity index (χ2n) is 4.63. The Kier molecular flexibility index (Phi) is 3.27. The van der Waals surface area contributed by atoms with Crippen LogP contribution in [-0.2, 0) is 4.79 Å². The number of hydrogen-bond acceptors (Lipinski definition) is 5. The third-order valence-electron chi connectivity index (χ3n) is 3.11. The van der Waals surface area contributed by atoms with E-state index in [0.29, 0.717) is 15.6 Å². The van der Waals surface area contributed by atoms with Crippen molar-refractivity contribution in [2.45, 2.75) is 18.9 Å². The zero-order valence-corrected chi connectivity index (χ0v) is 11.2. The molecule has 1 amide bonds. The summed E-state index contributed by atoms with van der Waals surface area (Å²) in [6, 6.07) is 2.69. The molecular formula is C13H12N2O4S. The molecule has 0 radical (unpaired) electrons. The normalized spacial score (nSPS) is 15.8. The quantitative estimate of drug-likeness (QED) is 0.879. The highest BCUT2D eigenvalue weighted by Gasteiger charge is 2.37. The number of nitrogens with zero attached hydrogens (tertiary/aromatic N) is 1. The minimum Gasteiger partial charge on any atom is -0.480 e. The fraction of sp³-hybridized carbons (Fsp3) is 0.308. The Morgan fingerprint density at radius 3 is 2.90 bits per heavy atom. The molecule has 2 heterocycles. The van der Waals surface area contributed by atoms with Crippen LogP contribution < -0.4 is 5.32 Å². The van der Waals surface area contributed by atoms with Crippen molar-refractivity contribution in [2.75, 3.05) is 0 Å². The zero-order chi connectivity index (χ0) is 14.1. The van der Waals surface area contributed by atoms with Gasteiger partial charge in [0, 0.05) is 0 Å². The molecule has 104 valence electrons. The summed E-state index contributed by atoms with van der Waals surface area (Å²) in [6.45, 7) is 0. The van der Waals surface area contributed by atoms with Gasteiger partial charge in [-0.2, -0.15) is 0 Å². The highest BCUT2D eigenvalue weighted by atomic mass is 32.1. The van der Waals surface area contributed by atoms with E-state index in [0.717, 1.165) is 12.8 Å². The molecule has 20 heavy (non-hydrogen) atoms. The van der Waals surface area contributed by atoms with Gasteiger partial charge in [0.25, 0.3) is 5.91 Å². The van der Waals surface area contributed by atoms with Gasteiger partial charge >= 0.3 is 5.97 Å². The lowest BCUT2D eigenvalue weighted by molar-refractivity contribution is -0.139. The first-order valence-electron chi connectivity index (χ1n) is 6.18. The fourth-order valence-corrected chi connectivity index (χ4v) is 2.70. The van der Waals surface area contributed by atoms with E-state index >= 15 is 0 Å². The summed E-state index contributed by atoms with van der Waals surface area (Å²) in [5.41, 5.74) is 0. The maximum atomic E-state index is 12.0. The number of carbonyl (C=O) groups is 2. The monoisotopic (exact) mass is 292 g/mol. The van der Waals surface area contributed by atoms with Crippen molar-refractivity contribution in [3.05, 3.63) is 29.5 Å². The van der Waals surface area contributed by atoms with Gasteiger partial charge in [-0.1, -0.05) is 0 Å². The first-order chi connectivity index (χ1) is 9.65. The van der Waals surface area contributed by atoms with Crippen molar-refractivity contribution in [2.24, 2.45) is 5.92 Å². The molecule has 1 atom stereocenters. The molecule has 1 aliphatic carbocycles. The number of nitrogens with one attached hydrogen (secondary N) is 1. The summed E-state index contributed by atoms with van der Waals surface area (Å²) in [6.07, 6.45) is 4.66. The number of carbonyl (C=O) groups excluding carboxylic acids is 1. The lowest BCUT2D eigenvalue weighted by atomic mass is 10.2. The van der Waals surface area contributed by atoms with Crippen LogP contribution in [0.1, 0.15) is 22.5 Å². The molecule has 1 aliphatic rings. The predicted octanol–water partition coefficient (Wildman–Crippen LogP) is 2.00. The second kappa shape index (κ2) is 5.09. The molecule has 7 heteroatoms. The van der Waals surface area contributed by atoms with Crippen LogP contribution >= 0.6 is 11.3 Å². The topological polar surface area (TPSA) is 92.4 Å². The number of carboxylic acids is 1. The van der Waals surface area contributed by atoms with Gasteiger partial charge in [-0.25, -0.2) is 9.78 Å². The molecule has 2 aromatic heterocycles. The maximum Gasteiger partial charge on any atom is 0.326 e. The molecule has 0 bridgehead atoms. The number of rotatable bonds is 5. The van der Waals surface area contributed by atoms with Crippen molar-refractivity contribution in [1.29, 1.82) is 0 Å². The van der Waals surface area contributed by atoms with E-state index in [1.807, 2.05) is 0 Å². The van der Waals surface area contributed by atoms with Crippen LogP contribution in [0.2, 0.25) is 0 Å². The molecule has 1 unspecified atom stereocenters. The van der Waals surface area contributed by atoms with Crippen molar-refractivity contribution in [1.82, 2.24) is 10.3 Å². The molecule has 0 saturated heterocycles. The van der Waals surface area contributed by atoms with Gasteiger partial charge in [0.05, 0.1) is 12.5 Å². The van der Waals surface area contributed by atoms with E-state index < -0.39 is 17.9 Å². The Hall–Kier alpha value is -2.15. The summed E-state index contributed by atoms with van der Waals surface area (Å²) in [7, 11) is 0. The third kappa shape index (κ3) is 2.57. The SMILES string of the molecule is O=C(NC(C(=O)O)C1CC1)c1cnc(-c2ccco2)s1. The number of carboxylic acid groups (broad SMARTS) is 1. The molecule has 0 spiro atoms. The Morgan fingerprint density at radius 2 is 2.30 bits per heavy atom. The molecule has 6 nitrogen and oxygen atoms in total. The number of aromatic nitrogens is 1. The Morgan fingerprint density at radius 1 is 1.50 bits per heavy atom. The van der Waals surface area contributed by atoms with Gasteiger partial charge in [-0.05, 0) is 30.9 Å². The maximum absolute atomic E-state index is 12.0. The van der Waals surface area contributed by atoms with Crippen molar-refractivity contribution in [3.63, 3.8) is 0 Å². The standard InChI is InChI=1S/C13H12N2O4S/c16-11(15-10(13(17)18)7-3-4-7)9-6-14-12(20-9)8-2-1-5-19-8/h1-2,5-7,10H,3-4H2,(H,15,16)(H,17,18).